The first-order chi connectivity index (χ1) is 7.72. The number of ether oxygens (including phenoxy) is 1. The van der Waals surface area contributed by atoms with Gasteiger partial charge < -0.3 is 10.1 Å². The SMILES string of the molecule is CCOC(=O)c1n[nH]c([C@@H]2CNC[C@H]2C)n1. The number of rotatable bonds is 3. The molecule has 0 bridgehead atoms. The fraction of sp³-hybridized carbons (Fsp3) is 0.700. The van der Waals surface area contributed by atoms with Gasteiger partial charge in [-0.1, -0.05) is 6.92 Å². The van der Waals surface area contributed by atoms with Gasteiger partial charge in [0.1, 0.15) is 5.82 Å². The Morgan fingerprint density at radius 3 is 3.00 bits per heavy atom. The average Bonchev–Trinajstić information content (AvgIpc) is 2.86. The van der Waals surface area contributed by atoms with Crippen LogP contribution in [0.15, 0.2) is 0 Å². The standard InChI is InChI=1S/C10H16N4O2/c1-3-16-10(15)9-12-8(13-14-9)7-5-11-4-6(7)2/h6-7,11H,3-5H2,1-2H3,(H,12,13,14)/t6-,7-/m1/s1. The van der Waals surface area contributed by atoms with Gasteiger partial charge in [0.05, 0.1) is 6.61 Å². The molecule has 88 valence electrons. The predicted molar refractivity (Wildman–Crippen MR) is 57.1 cm³/mol. The highest BCUT2D eigenvalue weighted by Crippen LogP contribution is 2.24. The van der Waals surface area contributed by atoms with Gasteiger partial charge in [0, 0.05) is 12.5 Å². The van der Waals surface area contributed by atoms with Crippen LogP contribution in [0.4, 0.5) is 0 Å². The van der Waals surface area contributed by atoms with E-state index in [1.165, 1.54) is 0 Å². The third-order valence-corrected chi connectivity index (χ3v) is 2.83. The number of aromatic nitrogens is 3. The molecule has 16 heavy (non-hydrogen) atoms. The van der Waals surface area contributed by atoms with E-state index in [4.69, 9.17) is 4.74 Å². The number of carbonyl (C=O) groups is 1. The van der Waals surface area contributed by atoms with E-state index in [1.807, 2.05) is 0 Å². The molecular formula is C10H16N4O2. The molecule has 2 N–H and O–H groups in total. The lowest BCUT2D eigenvalue weighted by Crippen LogP contribution is -2.10. The highest BCUT2D eigenvalue weighted by molar-refractivity contribution is 5.84. The molecule has 6 heteroatoms. The Hall–Kier alpha value is -1.43. The van der Waals surface area contributed by atoms with Crippen LogP contribution in [0.5, 0.6) is 0 Å². The van der Waals surface area contributed by atoms with Gasteiger partial charge in [-0.25, -0.2) is 9.78 Å². The molecule has 0 saturated carbocycles. The van der Waals surface area contributed by atoms with Gasteiger partial charge in [0.25, 0.3) is 5.82 Å². The lowest BCUT2D eigenvalue weighted by molar-refractivity contribution is 0.0512. The van der Waals surface area contributed by atoms with Crippen LogP contribution in [0.1, 0.15) is 36.2 Å². The van der Waals surface area contributed by atoms with E-state index < -0.39 is 5.97 Å². The molecular weight excluding hydrogens is 208 g/mol. The zero-order valence-corrected chi connectivity index (χ0v) is 9.49. The molecule has 6 nitrogen and oxygen atoms in total. The van der Waals surface area contributed by atoms with E-state index in [2.05, 4.69) is 27.4 Å². The topological polar surface area (TPSA) is 79.9 Å². The molecule has 0 amide bonds. The number of hydrogen-bond acceptors (Lipinski definition) is 5. The van der Waals surface area contributed by atoms with Crippen molar-refractivity contribution in [3.63, 3.8) is 0 Å². The lowest BCUT2D eigenvalue weighted by atomic mass is 9.98. The number of carbonyl (C=O) groups excluding carboxylic acids is 1. The first-order valence-electron chi connectivity index (χ1n) is 5.52. The highest BCUT2D eigenvalue weighted by atomic mass is 16.5. The first-order valence-corrected chi connectivity index (χ1v) is 5.52. The van der Waals surface area contributed by atoms with Crippen molar-refractivity contribution >= 4 is 5.97 Å². The second-order valence-corrected chi connectivity index (χ2v) is 4.01. The summed E-state index contributed by atoms with van der Waals surface area (Å²) in [5, 5.41) is 9.97. The smallest absolute Gasteiger partial charge is 0.378 e. The fourth-order valence-corrected chi connectivity index (χ4v) is 1.90. The molecule has 2 rings (SSSR count). The quantitative estimate of drug-likeness (QED) is 0.722. The molecule has 2 atom stereocenters. The van der Waals surface area contributed by atoms with Crippen LogP contribution >= 0.6 is 0 Å². The summed E-state index contributed by atoms with van der Waals surface area (Å²) in [5.41, 5.74) is 0. The van der Waals surface area contributed by atoms with Gasteiger partial charge in [-0.05, 0) is 19.4 Å². The van der Waals surface area contributed by atoms with E-state index in [-0.39, 0.29) is 5.82 Å². The summed E-state index contributed by atoms with van der Waals surface area (Å²) >= 11 is 0. The normalized spacial score (nSPS) is 24.6. The zero-order valence-electron chi connectivity index (χ0n) is 9.49. The lowest BCUT2D eigenvalue weighted by Gasteiger charge is -2.09. The fourth-order valence-electron chi connectivity index (χ4n) is 1.90. The van der Waals surface area contributed by atoms with Crippen LogP contribution in [0, 0.1) is 5.92 Å². The zero-order chi connectivity index (χ0) is 11.5. The minimum atomic E-state index is -0.469. The van der Waals surface area contributed by atoms with E-state index in [0.717, 1.165) is 18.9 Å². The summed E-state index contributed by atoms with van der Waals surface area (Å²) in [4.78, 5) is 15.6. The Bertz CT molecular complexity index is 377. The highest BCUT2D eigenvalue weighted by Gasteiger charge is 2.28. The van der Waals surface area contributed by atoms with Crippen LogP contribution in [0.3, 0.4) is 0 Å². The second-order valence-electron chi connectivity index (χ2n) is 4.01. The van der Waals surface area contributed by atoms with Crippen molar-refractivity contribution in [2.24, 2.45) is 5.92 Å². The van der Waals surface area contributed by atoms with Gasteiger partial charge in [-0.3, -0.25) is 5.10 Å². The molecule has 0 spiro atoms. The van der Waals surface area contributed by atoms with Crippen molar-refractivity contribution in [2.75, 3.05) is 19.7 Å². The van der Waals surface area contributed by atoms with E-state index in [0.29, 0.717) is 18.4 Å². The van der Waals surface area contributed by atoms with Gasteiger partial charge in [-0.2, -0.15) is 0 Å². The van der Waals surface area contributed by atoms with Crippen molar-refractivity contribution in [1.82, 2.24) is 20.5 Å². The second kappa shape index (κ2) is 4.61. The number of H-pyrrole nitrogens is 1. The predicted octanol–water partition coefficient (Wildman–Crippen LogP) is 0.304. The molecule has 1 saturated heterocycles. The van der Waals surface area contributed by atoms with Gasteiger partial charge >= 0.3 is 5.97 Å². The Morgan fingerprint density at radius 2 is 2.38 bits per heavy atom. The van der Waals surface area contributed by atoms with Crippen LogP contribution in [0.25, 0.3) is 0 Å². The maximum Gasteiger partial charge on any atom is 0.378 e. The Balaban J connectivity index is 2.10. The van der Waals surface area contributed by atoms with Crippen LogP contribution in [-0.4, -0.2) is 40.8 Å². The number of aromatic amines is 1. The van der Waals surface area contributed by atoms with Crippen molar-refractivity contribution in [3.05, 3.63) is 11.6 Å². The third-order valence-electron chi connectivity index (χ3n) is 2.83. The maximum atomic E-state index is 11.4. The summed E-state index contributed by atoms with van der Waals surface area (Å²) in [7, 11) is 0. The Morgan fingerprint density at radius 1 is 1.56 bits per heavy atom. The minimum absolute atomic E-state index is 0.121. The van der Waals surface area contributed by atoms with E-state index in [9.17, 15) is 4.79 Å². The third kappa shape index (κ3) is 2.06. The Kier molecular flexibility index (Phi) is 3.19. The van der Waals surface area contributed by atoms with Crippen LogP contribution in [0.2, 0.25) is 0 Å². The molecule has 0 aromatic carbocycles. The Labute approximate surface area is 93.8 Å². The van der Waals surface area contributed by atoms with Crippen molar-refractivity contribution in [1.29, 1.82) is 0 Å². The summed E-state index contributed by atoms with van der Waals surface area (Å²) < 4.78 is 4.83. The molecule has 1 fully saturated rings. The number of hydrogen-bond donors (Lipinski definition) is 2. The minimum Gasteiger partial charge on any atom is -0.460 e. The largest absolute Gasteiger partial charge is 0.460 e. The van der Waals surface area contributed by atoms with Gasteiger partial charge in [0.2, 0.25) is 0 Å². The first kappa shape index (κ1) is 11.1. The molecule has 0 radical (unpaired) electrons. The van der Waals surface area contributed by atoms with Crippen molar-refractivity contribution in [2.45, 2.75) is 19.8 Å². The number of esters is 1. The molecule has 1 aliphatic heterocycles. The molecule has 0 aliphatic carbocycles. The molecule has 1 aromatic rings. The van der Waals surface area contributed by atoms with Crippen molar-refractivity contribution < 1.29 is 9.53 Å². The van der Waals surface area contributed by atoms with Crippen LogP contribution < -0.4 is 5.32 Å². The average molecular weight is 224 g/mol. The van der Waals surface area contributed by atoms with E-state index in [1.54, 1.807) is 6.92 Å². The summed E-state index contributed by atoms with van der Waals surface area (Å²) in [6.45, 7) is 6.09. The maximum absolute atomic E-state index is 11.4. The van der Waals surface area contributed by atoms with E-state index >= 15 is 0 Å². The molecule has 1 aromatic heterocycles. The molecule has 0 unspecified atom stereocenters. The molecule has 2 heterocycles. The van der Waals surface area contributed by atoms with Gasteiger partial charge in [0.15, 0.2) is 0 Å². The number of nitrogens with zero attached hydrogens (tertiary/aromatic N) is 2. The van der Waals surface area contributed by atoms with Crippen LogP contribution in [-0.2, 0) is 4.74 Å². The number of nitrogens with one attached hydrogen (secondary N) is 2. The monoisotopic (exact) mass is 224 g/mol. The summed E-state index contributed by atoms with van der Waals surface area (Å²) in [5.74, 6) is 1.22. The molecule has 1 aliphatic rings. The summed E-state index contributed by atoms with van der Waals surface area (Å²) in [6.07, 6.45) is 0. The van der Waals surface area contributed by atoms with Crippen molar-refractivity contribution in [3.8, 4) is 0 Å². The summed E-state index contributed by atoms with van der Waals surface area (Å²) in [6, 6.07) is 0. The van der Waals surface area contributed by atoms with Gasteiger partial charge in [-0.15, -0.1) is 5.10 Å².